The molecule has 1 aliphatic heterocycles. The largest absolute Gasteiger partial charge is 0.416 e. The van der Waals surface area contributed by atoms with Crippen molar-refractivity contribution in [1.29, 1.82) is 0 Å². The number of carbonyl (C=O) groups excluding carboxylic acids is 1. The number of ether oxygens (including phenoxy) is 1. The lowest BCUT2D eigenvalue weighted by molar-refractivity contribution is -0.137. The summed E-state index contributed by atoms with van der Waals surface area (Å²) in [4.78, 5) is 15.1. The molecule has 0 aromatic heterocycles. The van der Waals surface area contributed by atoms with Crippen LogP contribution in [0.15, 0.2) is 24.3 Å². The third-order valence-electron chi connectivity index (χ3n) is 8.35. The normalized spacial score (nSPS) is 21.6. The number of nitrogens with one attached hydrogen (secondary N) is 2. The highest BCUT2D eigenvalue weighted by molar-refractivity contribution is 5.74. The number of methoxy groups -OCH3 is 1. The number of likely N-dealkylation sites (tertiary alicyclic amines) is 1. The number of likely N-dealkylation sites (N-methyl/N-ethyl adjacent to an activating group) is 1. The van der Waals surface area contributed by atoms with Crippen molar-refractivity contribution >= 4 is 6.03 Å². The van der Waals surface area contributed by atoms with Crippen molar-refractivity contribution in [2.45, 2.75) is 88.4 Å². The van der Waals surface area contributed by atoms with Gasteiger partial charge in [0.2, 0.25) is 0 Å². The Morgan fingerprint density at radius 2 is 1.87 bits per heavy atom. The maximum Gasteiger partial charge on any atom is 0.416 e. The molecule has 3 rings (SSSR count). The average molecular weight is 542 g/mol. The Morgan fingerprint density at radius 3 is 2.55 bits per heavy atom. The highest BCUT2D eigenvalue weighted by Gasteiger charge is 2.42. The van der Waals surface area contributed by atoms with Gasteiger partial charge in [-0.2, -0.15) is 13.2 Å². The zero-order chi connectivity index (χ0) is 27.6. The maximum absolute atomic E-state index is 13.5. The standard InChI is InChI=1S/C29H46F3N3O3/c1-33-20-26(18-22-10-4-3-5-11-22)34-27(36)35-16-9-14-25(21-35)28(37,15-6-7-17-38-2)23-12-8-13-24(19-23)29(30,31)32/h8,12-13,19,22,25-26,33,37H,3-7,9-11,14-18,20-21H2,1-2H3,(H,34,36)/t25-,26?,28?/m1/s1. The fraction of sp³-hybridized carbons (Fsp3) is 0.759. The van der Waals surface area contributed by atoms with Crippen molar-refractivity contribution in [3.63, 3.8) is 0 Å². The van der Waals surface area contributed by atoms with E-state index in [1.165, 1.54) is 38.2 Å². The van der Waals surface area contributed by atoms with Gasteiger partial charge in [0.05, 0.1) is 11.2 Å². The minimum atomic E-state index is -4.49. The van der Waals surface area contributed by atoms with Crippen LogP contribution in [0.5, 0.6) is 0 Å². The number of unbranched alkanes of at least 4 members (excludes halogenated alkanes) is 1. The van der Waals surface area contributed by atoms with Gasteiger partial charge >= 0.3 is 12.2 Å². The minimum absolute atomic E-state index is 0.0207. The van der Waals surface area contributed by atoms with E-state index in [0.29, 0.717) is 64.3 Å². The molecule has 0 radical (unpaired) electrons. The van der Waals surface area contributed by atoms with Crippen LogP contribution >= 0.6 is 0 Å². The molecule has 6 nitrogen and oxygen atoms in total. The Kier molecular flexibility index (Phi) is 11.7. The Labute approximate surface area is 225 Å². The Morgan fingerprint density at radius 1 is 1.13 bits per heavy atom. The number of benzene rings is 1. The number of hydrogen-bond acceptors (Lipinski definition) is 4. The zero-order valence-corrected chi connectivity index (χ0v) is 23.0. The van der Waals surface area contributed by atoms with Crippen LogP contribution in [0.25, 0.3) is 0 Å². The van der Waals surface area contributed by atoms with E-state index in [1.807, 2.05) is 7.05 Å². The van der Waals surface area contributed by atoms with Gasteiger partial charge in [-0.15, -0.1) is 0 Å². The molecule has 38 heavy (non-hydrogen) atoms. The molecule has 1 saturated carbocycles. The van der Waals surface area contributed by atoms with Crippen molar-refractivity contribution in [1.82, 2.24) is 15.5 Å². The number of urea groups is 1. The molecule has 2 fully saturated rings. The third kappa shape index (κ3) is 8.58. The number of nitrogens with zero attached hydrogens (tertiary/aromatic N) is 1. The second-order valence-corrected chi connectivity index (χ2v) is 11.2. The molecule has 1 aromatic rings. The fourth-order valence-corrected chi connectivity index (χ4v) is 6.27. The number of rotatable bonds is 12. The second-order valence-electron chi connectivity index (χ2n) is 11.2. The van der Waals surface area contributed by atoms with Gasteiger partial charge in [-0.1, -0.05) is 44.2 Å². The van der Waals surface area contributed by atoms with E-state index in [-0.39, 0.29) is 23.6 Å². The molecule has 0 spiro atoms. The molecule has 3 N–H and O–H groups in total. The van der Waals surface area contributed by atoms with Crippen molar-refractivity contribution in [3.05, 3.63) is 35.4 Å². The van der Waals surface area contributed by atoms with Gasteiger partial charge < -0.3 is 25.4 Å². The number of carbonyl (C=O) groups is 1. The summed E-state index contributed by atoms with van der Waals surface area (Å²) < 4.78 is 45.7. The number of alkyl halides is 3. The van der Waals surface area contributed by atoms with E-state index in [4.69, 9.17) is 4.74 Å². The number of amides is 2. The highest BCUT2D eigenvalue weighted by atomic mass is 19.4. The first kappa shape index (κ1) is 30.7. The predicted octanol–water partition coefficient (Wildman–Crippen LogP) is 5.69. The van der Waals surface area contributed by atoms with Crippen molar-refractivity contribution < 1.29 is 27.8 Å². The smallest absolute Gasteiger partial charge is 0.385 e. The average Bonchev–Trinajstić information content (AvgIpc) is 2.91. The summed E-state index contributed by atoms with van der Waals surface area (Å²) >= 11 is 0. The van der Waals surface area contributed by atoms with Crippen molar-refractivity contribution in [2.75, 3.05) is 40.4 Å². The van der Waals surface area contributed by atoms with Gasteiger partial charge in [-0.05, 0) is 69.2 Å². The lowest BCUT2D eigenvalue weighted by atomic mass is 9.74. The Hall–Kier alpha value is -1.84. The summed E-state index contributed by atoms with van der Waals surface area (Å²) in [5, 5.41) is 18.4. The van der Waals surface area contributed by atoms with Crippen LogP contribution < -0.4 is 10.6 Å². The molecule has 216 valence electrons. The quantitative estimate of drug-likeness (QED) is 0.297. The van der Waals surface area contributed by atoms with Gasteiger partial charge in [0, 0.05) is 45.3 Å². The molecule has 9 heteroatoms. The molecule has 3 atom stereocenters. The molecule has 0 bridgehead atoms. The Bertz CT molecular complexity index is 863. The van der Waals surface area contributed by atoms with Gasteiger partial charge in [-0.3, -0.25) is 0 Å². The second kappa shape index (κ2) is 14.5. The van der Waals surface area contributed by atoms with E-state index < -0.39 is 17.3 Å². The van der Waals surface area contributed by atoms with Crippen LogP contribution in [0, 0.1) is 11.8 Å². The van der Waals surface area contributed by atoms with Crippen LogP contribution in [0.2, 0.25) is 0 Å². The molecule has 1 aliphatic carbocycles. The lowest BCUT2D eigenvalue weighted by Gasteiger charge is -2.43. The van der Waals surface area contributed by atoms with Crippen LogP contribution in [0.4, 0.5) is 18.0 Å². The SMILES string of the molecule is CNCC(CC1CCCCC1)NC(=O)N1CCC[C@@H](C(O)(CCCCOC)c2cccc(C(F)(F)F)c2)C1. The van der Waals surface area contributed by atoms with Crippen LogP contribution in [-0.4, -0.2) is 62.5 Å². The highest BCUT2D eigenvalue weighted by Crippen LogP contribution is 2.41. The summed E-state index contributed by atoms with van der Waals surface area (Å²) in [6, 6.07) is 4.91. The van der Waals surface area contributed by atoms with E-state index in [0.717, 1.165) is 18.6 Å². The molecular weight excluding hydrogens is 495 g/mol. The topological polar surface area (TPSA) is 73.8 Å². The van der Waals surface area contributed by atoms with Crippen LogP contribution in [-0.2, 0) is 16.5 Å². The number of halogens is 3. The first-order valence-corrected chi connectivity index (χ1v) is 14.3. The van der Waals surface area contributed by atoms with Gasteiger partial charge in [0.15, 0.2) is 0 Å². The predicted molar refractivity (Wildman–Crippen MR) is 143 cm³/mol. The van der Waals surface area contributed by atoms with E-state index >= 15 is 0 Å². The molecule has 1 aromatic carbocycles. The van der Waals surface area contributed by atoms with E-state index in [1.54, 1.807) is 18.1 Å². The number of aliphatic hydroxyl groups is 1. The van der Waals surface area contributed by atoms with Gasteiger partial charge in [0.25, 0.3) is 0 Å². The van der Waals surface area contributed by atoms with Gasteiger partial charge in [-0.25, -0.2) is 4.79 Å². The summed E-state index contributed by atoms with van der Waals surface area (Å²) in [7, 11) is 3.49. The van der Waals surface area contributed by atoms with Crippen molar-refractivity contribution in [2.24, 2.45) is 11.8 Å². The summed E-state index contributed by atoms with van der Waals surface area (Å²) in [5.74, 6) is 0.253. The third-order valence-corrected chi connectivity index (χ3v) is 8.35. The minimum Gasteiger partial charge on any atom is -0.385 e. The molecular formula is C29H46F3N3O3. The maximum atomic E-state index is 13.5. The van der Waals surface area contributed by atoms with Gasteiger partial charge in [0.1, 0.15) is 0 Å². The molecule has 2 aliphatic rings. The fourth-order valence-electron chi connectivity index (χ4n) is 6.27. The molecule has 2 amide bonds. The summed E-state index contributed by atoms with van der Waals surface area (Å²) in [5.41, 5.74) is -1.98. The zero-order valence-electron chi connectivity index (χ0n) is 23.0. The Balaban J connectivity index is 1.74. The first-order valence-electron chi connectivity index (χ1n) is 14.3. The first-order chi connectivity index (χ1) is 18.2. The summed E-state index contributed by atoms with van der Waals surface area (Å²) in [6.45, 7) is 2.08. The number of piperidine rings is 1. The molecule has 2 unspecified atom stereocenters. The van der Waals surface area contributed by atoms with Crippen LogP contribution in [0.3, 0.4) is 0 Å². The van der Waals surface area contributed by atoms with Crippen molar-refractivity contribution in [3.8, 4) is 0 Å². The molecule has 1 saturated heterocycles. The monoisotopic (exact) mass is 541 g/mol. The van der Waals surface area contributed by atoms with E-state index in [2.05, 4.69) is 10.6 Å². The lowest BCUT2D eigenvalue weighted by Crippen LogP contribution is -2.54. The molecule has 1 heterocycles. The summed E-state index contributed by atoms with van der Waals surface area (Å²) in [6.07, 6.45) is 5.58. The van der Waals surface area contributed by atoms with Crippen LogP contribution in [0.1, 0.15) is 81.8 Å². The van der Waals surface area contributed by atoms with E-state index in [9.17, 15) is 23.1 Å². The number of hydrogen-bond donors (Lipinski definition) is 3.